The first-order chi connectivity index (χ1) is 26.5. The van der Waals surface area contributed by atoms with E-state index in [1.165, 1.54) is 0 Å². The molecule has 10 atom stereocenters. The number of aromatic nitrogens is 8. The molecule has 2 aromatic carbocycles. The molecule has 0 amide bonds. The molecule has 2 saturated carbocycles. The maximum atomic E-state index is 10.3. The number of nitrogens with two attached hydrogens (primary N) is 4. The van der Waals surface area contributed by atoms with Gasteiger partial charge in [0, 0.05) is 48.5 Å². The molecule has 3 aromatic heterocycles. The first-order valence-corrected chi connectivity index (χ1v) is 18.4. The first kappa shape index (κ1) is 38.7. The summed E-state index contributed by atoms with van der Waals surface area (Å²) >= 11 is 0. The number of hydrogen-bond donors (Lipinski definition) is 8. The van der Waals surface area contributed by atoms with E-state index >= 15 is 0 Å². The quantitative estimate of drug-likeness (QED) is 0.0614. The average molecular weight is 761 g/mol. The maximum Gasteiger partial charge on any atom is 0.248 e. The number of aliphatic hydroxyl groups is 4. The first-order valence-electron chi connectivity index (χ1n) is 18.4. The predicted molar refractivity (Wildman–Crippen MR) is 196 cm³/mol. The number of aryl methyl sites for hydroxylation is 2. The minimum absolute atomic E-state index is 0.338. The lowest BCUT2D eigenvalue weighted by atomic mass is 9.85. The lowest BCUT2D eigenvalue weighted by molar-refractivity contribution is -0.127. The van der Waals surface area contributed by atoms with Gasteiger partial charge in [-0.3, -0.25) is 0 Å². The number of aliphatic hydroxyl groups excluding tert-OH is 4. The molecule has 2 fully saturated rings. The summed E-state index contributed by atoms with van der Waals surface area (Å²) in [6.45, 7) is 0.677. The van der Waals surface area contributed by atoms with Crippen LogP contribution in [0.5, 0.6) is 0 Å². The minimum Gasteiger partial charge on any atom is -0.416 e. The van der Waals surface area contributed by atoms with Gasteiger partial charge in [-0.25, -0.2) is 9.36 Å². The van der Waals surface area contributed by atoms with Crippen molar-refractivity contribution in [3.8, 4) is 34.3 Å². The van der Waals surface area contributed by atoms with Gasteiger partial charge in [0.25, 0.3) is 0 Å². The molecule has 0 spiro atoms. The van der Waals surface area contributed by atoms with Crippen LogP contribution >= 0.6 is 0 Å². The van der Waals surface area contributed by atoms with E-state index in [4.69, 9.17) is 36.8 Å². The normalized spacial score (nSPS) is 28.4. The SMILES string of the molecule is N[C@@H]1C[C@H](N)[C@@H](OCCCc2cn(-c3ccc(-c4nnc(-c5ccc(-n6cc(CCCO[C@H]7[C@H](O)[C@@H](O)[C@H](N)C[C@@H]7N)nn6)cc5)o4)cc3)nn2)[C@H](O)[C@H]1O. The van der Waals surface area contributed by atoms with Crippen molar-refractivity contribution in [2.24, 2.45) is 22.9 Å². The van der Waals surface area contributed by atoms with Gasteiger partial charge in [-0.2, -0.15) is 0 Å². The molecule has 0 aliphatic heterocycles. The zero-order valence-electron chi connectivity index (χ0n) is 30.1. The van der Waals surface area contributed by atoms with Gasteiger partial charge in [-0.15, -0.1) is 20.4 Å². The Kier molecular flexibility index (Phi) is 12.0. The molecule has 294 valence electrons. The van der Waals surface area contributed by atoms with Gasteiger partial charge in [0.1, 0.15) is 24.4 Å². The Morgan fingerprint density at radius 2 is 0.964 bits per heavy atom. The van der Waals surface area contributed by atoms with E-state index in [0.717, 1.165) is 33.9 Å². The van der Waals surface area contributed by atoms with Gasteiger partial charge in [-0.05, 0) is 87.1 Å². The number of ether oxygens (including phenoxy) is 2. The zero-order valence-corrected chi connectivity index (χ0v) is 30.1. The smallest absolute Gasteiger partial charge is 0.248 e. The van der Waals surface area contributed by atoms with Crippen LogP contribution in [0.1, 0.15) is 37.1 Å². The van der Waals surface area contributed by atoms with Crippen molar-refractivity contribution in [2.45, 2.75) is 99.3 Å². The molecule has 0 radical (unpaired) electrons. The van der Waals surface area contributed by atoms with Gasteiger partial charge in [-0.1, -0.05) is 10.4 Å². The number of rotatable bonds is 14. The summed E-state index contributed by atoms with van der Waals surface area (Å²) in [4.78, 5) is 0. The highest BCUT2D eigenvalue weighted by Crippen LogP contribution is 2.26. The molecule has 19 nitrogen and oxygen atoms in total. The van der Waals surface area contributed by atoms with Gasteiger partial charge in [0.05, 0.1) is 47.4 Å². The third kappa shape index (κ3) is 8.81. The molecule has 5 aromatic rings. The number of benzene rings is 2. The highest BCUT2D eigenvalue weighted by Gasteiger charge is 2.42. The topological polar surface area (TPSA) is 304 Å². The number of nitrogens with zero attached hydrogens (tertiary/aromatic N) is 8. The second-order valence-electron chi connectivity index (χ2n) is 14.3. The van der Waals surface area contributed by atoms with Gasteiger partial charge < -0.3 is 57.3 Å². The van der Waals surface area contributed by atoms with Crippen LogP contribution < -0.4 is 22.9 Å². The third-order valence-corrected chi connectivity index (χ3v) is 10.2. The molecule has 2 aliphatic rings. The van der Waals surface area contributed by atoms with Crippen molar-refractivity contribution >= 4 is 0 Å². The van der Waals surface area contributed by atoms with E-state index in [1.54, 1.807) is 9.36 Å². The summed E-state index contributed by atoms with van der Waals surface area (Å²) in [6, 6.07) is 13.0. The summed E-state index contributed by atoms with van der Waals surface area (Å²) < 4.78 is 20.9. The standard InChI is InChI=1S/C36H48N12O7/c37-25-15-27(39)33(31(51)29(25)49)53-13-1-3-21-17-47(45-41-21)23-9-5-19(6-10-23)35-43-44-36(55-35)20-7-11-24(12-8-20)48-18-22(42-46-48)4-2-14-54-34-28(40)16-26(38)30(50)32(34)52/h5-12,17-18,25-34,49-52H,1-4,13-16,37-40H2/t25-,26-,27+,28+,29+,30+,31-,32-,33-,34-/m1/s1. The van der Waals surface area contributed by atoms with Crippen LogP contribution in [0.15, 0.2) is 65.3 Å². The Balaban J connectivity index is 0.873. The molecular weight excluding hydrogens is 712 g/mol. The fraction of sp³-hybridized carbons (Fsp3) is 0.500. The summed E-state index contributed by atoms with van der Waals surface area (Å²) in [5.74, 6) is 0.735. The lowest BCUT2D eigenvalue weighted by Crippen LogP contribution is -2.62. The monoisotopic (exact) mass is 760 g/mol. The van der Waals surface area contributed by atoms with Crippen LogP contribution in [0.3, 0.4) is 0 Å². The van der Waals surface area contributed by atoms with Crippen molar-refractivity contribution in [1.29, 1.82) is 0 Å². The Morgan fingerprint density at radius 1 is 0.564 bits per heavy atom. The van der Waals surface area contributed by atoms with Crippen LogP contribution in [0.4, 0.5) is 0 Å². The Labute approximate surface area is 316 Å². The van der Waals surface area contributed by atoms with Gasteiger partial charge in [0.2, 0.25) is 11.8 Å². The van der Waals surface area contributed by atoms with Crippen molar-refractivity contribution in [3.63, 3.8) is 0 Å². The van der Waals surface area contributed by atoms with Crippen molar-refractivity contribution in [1.82, 2.24) is 40.2 Å². The van der Waals surface area contributed by atoms with E-state index in [-0.39, 0.29) is 0 Å². The van der Waals surface area contributed by atoms with Gasteiger partial charge >= 0.3 is 0 Å². The molecule has 0 saturated heterocycles. The molecule has 7 rings (SSSR count). The van der Waals surface area contributed by atoms with Crippen molar-refractivity contribution in [3.05, 3.63) is 72.3 Å². The Hall–Kier alpha value is -4.54. The molecule has 55 heavy (non-hydrogen) atoms. The molecule has 3 heterocycles. The summed E-state index contributed by atoms with van der Waals surface area (Å²) in [6.07, 6.45) is 1.19. The van der Waals surface area contributed by atoms with Gasteiger partial charge in [0.15, 0.2) is 0 Å². The zero-order chi connectivity index (χ0) is 38.6. The minimum atomic E-state index is -1.12. The highest BCUT2D eigenvalue weighted by molar-refractivity contribution is 5.60. The molecular formula is C36H48N12O7. The van der Waals surface area contributed by atoms with Crippen LogP contribution in [0.2, 0.25) is 0 Å². The van der Waals surface area contributed by atoms with E-state index in [1.807, 2.05) is 60.9 Å². The largest absolute Gasteiger partial charge is 0.416 e. The second-order valence-corrected chi connectivity index (χ2v) is 14.3. The lowest BCUT2D eigenvalue weighted by Gasteiger charge is -2.39. The molecule has 12 N–H and O–H groups in total. The second kappa shape index (κ2) is 17.1. The summed E-state index contributed by atoms with van der Waals surface area (Å²) in [5.41, 5.74) is 28.5. The molecule has 2 aliphatic carbocycles. The van der Waals surface area contributed by atoms with E-state index in [2.05, 4.69) is 30.8 Å². The van der Waals surface area contributed by atoms with Crippen LogP contribution in [-0.4, -0.2) is 135 Å². The summed E-state index contributed by atoms with van der Waals surface area (Å²) in [7, 11) is 0. The van der Waals surface area contributed by atoms with Crippen LogP contribution in [-0.2, 0) is 22.3 Å². The Bertz CT molecular complexity index is 1830. The molecule has 0 unspecified atom stereocenters. The fourth-order valence-electron chi connectivity index (χ4n) is 7.02. The van der Waals surface area contributed by atoms with Crippen LogP contribution in [0.25, 0.3) is 34.3 Å². The highest BCUT2D eigenvalue weighted by atomic mass is 16.5. The Morgan fingerprint density at radius 3 is 1.36 bits per heavy atom. The van der Waals surface area contributed by atoms with E-state index < -0.39 is 60.8 Å². The van der Waals surface area contributed by atoms with Crippen molar-refractivity contribution in [2.75, 3.05) is 13.2 Å². The number of hydrogen-bond acceptors (Lipinski definition) is 17. The van der Waals surface area contributed by atoms with E-state index in [0.29, 0.717) is 63.5 Å². The predicted octanol–water partition coefficient (Wildman–Crippen LogP) is -1.24. The van der Waals surface area contributed by atoms with Crippen LogP contribution in [0, 0.1) is 0 Å². The maximum absolute atomic E-state index is 10.3. The average Bonchev–Trinajstić information content (AvgIpc) is 3.98. The molecule has 19 heteroatoms. The molecule has 0 bridgehead atoms. The van der Waals surface area contributed by atoms with E-state index in [9.17, 15) is 20.4 Å². The third-order valence-electron chi connectivity index (χ3n) is 10.2. The van der Waals surface area contributed by atoms with Crippen molar-refractivity contribution < 1.29 is 34.3 Å². The fourth-order valence-corrected chi connectivity index (χ4v) is 7.02. The summed E-state index contributed by atoms with van der Waals surface area (Å²) in [5, 5.41) is 66.2.